The molecule has 1 aromatic heterocycles. The molecule has 6 heteroatoms. The summed E-state index contributed by atoms with van der Waals surface area (Å²) in [5.41, 5.74) is 2.62. The highest BCUT2D eigenvalue weighted by molar-refractivity contribution is 6.04. The van der Waals surface area contributed by atoms with Gasteiger partial charge < -0.3 is 10.1 Å². The van der Waals surface area contributed by atoms with Crippen molar-refractivity contribution in [1.29, 1.82) is 0 Å². The molecule has 0 aliphatic rings. The Labute approximate surface area is 151 Å². The highest BCUT2D eigenvalue weighted by atomic mass is 16.5. The minimum atomic E-state index is -0.193. The third-order valence-electron chi connectivity index (χ3n) is 3.83. The maximum atomic E-state index is 12.3. The Hall–Kier alpha value is -3.41. The van der Waals surface area contributed by atoms with Crippen LogP contribution in [0.4, 0.5) is 5.69 Å². The second-order valence-electron chi connectivity index (χ2n) is 5.67. The molecule has 26 heavy (non-hydrogen) atoms. The zero-order valence-corrected chi connectivity index (χ0v) is 14.6. The maximum absolute atomic E-state index is 12.3. The minimum absolute atomic E-state index is 0.159. The average molecular weight is 349 g/mol. The Morgan fingerprint density at radius 2 is 1.73 bits per heavy atom. The second-order valence-corrected chi connectivity index (χ2v) is 5.67. The fourth-order valence-corrected chi connectivity index (χ4v) is 2.45. The van der Waals surface area contributed by atoms with E-state index in [9.17, 15) is 9.59 Å². The summed E-state index contributed by atoms with van der Waals surface area (Å²) in [6.45, 7) is 2.50. The highest BCUT2D eigenvalue weighted by Crippen LogP contribution is 2.19. The number of carbonyl (C=O) groups is 1. The SMILES string of the molecule is CCOc1ccc(C(=O)Nc2ccc(-c3ccc(=O)n(C)n3)cc2)cc1. The molecule has 0 aliphatic heterocycles. The van der Waals surface area contributed by atoms with Gasteiger partial charge in [0.05, 0.1) is 12.3 Å². The normalized spacial score (nSPS) is 10.4. The smallest absolute Gasteiger partial charge is 0.266 e. The van der Waals surface area contributed by atoms with E-state index in [0.717, 1.165) is 11.3 Å². The van der Waals surface area contributed by atoms with Crippen LogP contribution in [0.3, 0.4) is 0 Å². The summed E-state index contributed by atoms with van der Waals surface area (Å²) in [5, 5.41) is 7.06. The number of carbonyl (C=O) groups excluding carboxylic acids is 1. The van der Waals surface area contributed by atoms with Crippen LogP contribution in [0.1, 0.15) is 17.3 Å². The molecule has 0 radical (unpaired) electrons. The minimum Gasteiger partial charge on any atom is -0.494 e. The zero-order valence-electron chi connectivity index (χ0n) is 14.6. The number of aryl methyl sites for hydroxylation is 1. The largest absolute Gasteiger partial charge is 0.494 e. The first-order valence-corrected chi connectivity index (χ1v) is 8.26. The van der Waals surface area contributed by atoms with Gasteiger partial charge in [-0.05, 0) is 49.4 Å². The number of nitrogens with zero attached hydrogens (tertiary/aromatic N) is 2. The number of rotatable bonds is 5. The topological polar surface area (TPSA) is 73.2 Å². The van der Waals surface area contributed by atoms with Gasteiger partial charge in [0.1, 0.15) is 5.75 Å². The Morgan fingerprint density at radius 1 is 1.04 bits per heavy atom. The molecule has 0 fully saturated rings. The molecule has 0 atom stereocenters. The number of amides is 1. The van der Waals surface area contributed by atoms with Crippen LogP contribution in [0.5, 0.6) is 5.75 Å². The van der Waals surface area contributed by atoms with E-state index in [1.54, 1.807) is 49.5 Å². The van der Waals surface area contributed by atoms with Crippen molar-refractivity contribution in [3.8, 4) is 17.0 Å². The Balaban J connectivity index is 1.71. The van der Waals surface area contributed by atoms with Crippen LogP contribution in [0, 0.1) is 0 Å². The molecule has 1 heterocycles. The lowest BCUT2D eigenvalue weighted by Gasteiger charge is -2.08. The number of hydrogen-bond donors (Lipinski definition) is 1. The molecular weight excluding hydrogens is 330 g/mol. The van der Waals surface area contributed by atoms with Gasteiger partial charge in [-0.2, -0.15) is 5.10 Å². The molecule has 1 amide bonds. The summed E-state index contributed by atoms with van der Waals surface area (Å²) in [4.78, 5) is 23.7. The molecular formula is C20H19N3O3. The molecule has 0 unspecified atom stereocenters. The van der Waals surface area contributed by atoms with Gasteiger partial charge in [-0.1, -0.05) is 12.1 Å². The van der Waals surface area contributed by atoms with Crippen molar-refractivity contribution >= 4 is 11.6 Å². The van der Waals surface area contributed by atoms with Gasteiger partial charge in [0.15, 0.2) is 0 Å². The van der Waals surface area contributed by atoms with E-state index in [-0.39, 0.29) is 11.5 Å². The highest BCUT2D eigenvalue weighted by Gasteiger charge is 2.07. The first kappa shape index (κ1) is 17.4. The lowest BCUT2D eigenvalue weighted by Crippen LogP contribution is -2.18. The Bertz CT molecular complexity index is 961. The number of ether oxygens (including phenoxy) is 1. The van der Waals surface area contributed by atoms with E-state index in [1.807, 2.05) is 19.1 Å². The maximum Gasteiger partial charge on any atom is 0.266 e. The third-order valence-corrected chi connectivity index (χ3v) is 3.83. The summed E-state index contributed by atoms with van der Waals surface area (Å²) < 4.78 is 6.66. The van der Waals surface area contributed by atoms with E-state index in [0.29, 0.717) is 23.6 Å². The van der Waals surface area contributed by atoms with Gasteiger partial charge in [0.2, 0.25) is 0 Å². The van der Waals surface area contributed by atoms with Crippen LogP contribution in [0.25, 0.3) is 11.3 Å². The van der Waals surface area contributed by atoms with Crippen LogP contribution in [-0.2, 0) is 7.05 Å². The predicted molar refractivity (Wildman–Crippen MR) is 100 cm³/mol. The molecule has 0 saturated heterocycles. The van der Waals surface area contributed by atoms with E-state index < -0.39 is 0 Å². The predicted octanol–water partition coefficient (Wildman–Crippen LogP) is 3.10. The van der Waals surface area contributed by atoms with Crippen molar-refractivity contribution in [3.05, 3.63) is 76.6 Å². The van der Waals surface area contributed by atoms with Crippen molar-refractivity contribution in [2.75, 3.05) is 11.9 Å². The molecule has 0 spiro atoms. The van der Waals surface area contributed by atoms with Crippen molar-refractivity contribution in [2.45, 2.75) is 6.92 Å². The molecule has 0 bridgehead atoms. The molecule has 3 rings (SSSR count). The van der Waals surface area contributed by atoms with Gasteiger partial charge in [0, 0.05) is 29.9 Å². The first-order chi connectivity index (χ1) is 12.6. The Kier molecular flexibility index (Phi) is 5.12. The van der Waals surface area contributed by atoms with Crippen molar-refractivity contribution in [3.63, 3.8) is 0 Å². The first-order valence-electron chi connectivity index (χ1n) is 8.26. The van der Waals surface area contributed by atoms with Crippen LogP contribution in [0.2, 0.25) is 0 Å². The van der Waals surface area contributed by atoms with Crippen molar-refractivity contribution < 1.29 is 9.53 Å². The van der Waals surface area contributed by atoms with Gasteiger partial charge in [0.25, 0.3) is 11.5 Å². The van der Waals surface area contributed by atoms with E-state index >= 15 is 0 Å². The summed E-state index contributed by atoms with van der Waals surface area (Å²) in [6, 6.07) is 17.4. The molecule has 0 aliphatic carbocycles. The molecule has 1 N–H and O–H groups in total. The van der Waals surface area contributed by atoms with Crippen LogP contribution in [0.15, 0.2) is 65.5 Å². The van der Waals surface area contributed by atoms with Gasteiger partial charge in [-0.15, -0.1) is 0 Å². The summed E-state index contributed by atoms with van der Waals surface area (Å²) in [7, 11) is 1.61. The molecule has 2 aromatic carbocycles. The number of nitrogens with one attached hydrogen (secondary N) is 1. The van der Waals surface area contributed by atoms with Crippen LogP contribution in [-0.4, -0.2) is 22.3 Å². The van der Waals surface area contributed by atoms with E-state index in [4.69, 9.17) is 4.74 Å². The Morgan fingerprint density at radius 3 is 2.35 bits per heavy atom. The van der Waals surface area contributed by atoms with Crippen LogP contribution < -0.4 is 15.6 Å². The number of benzene rings is 2. The summed E-state index contributed by atoms with van der Waals surface area (Å²) in [5.74, 6) is 0.541. The van der Waals surface area contributed by atoms with Gasteiger partial charge in [-0.25, -0.2) is 4.68 Å². The third kappa shape index (κ3) is 3.97. The summed E-state index contributed by atoms with van der Waals surface area (Å²) in [6.07, 6.45) is 0. The van der Waals surface area contributed by atoms with E-state index in [2.05, 4.69) is 10.4 Å². The molecule has 6 nitrogen and oxygen atoms in total. The summed E-state index contributed by atoms with van der Waals surface area (Å²) >= 11 is 0. The van der Waals surface area contributed by atoms with Gasteiger partial charge in [-0.3, -0.25) is 9.59 Å². The lowest BCUT2D eigenvalue weighted by atomic mass is 10.1. The molecule has 3 aromatic rings. The van der Waals surface area contributed by atoms with Gasteiger partial charge >= 0.3 is 0 Å². The van der Waals surface area contributed by atoms with Crippen molar-refractivity contribution in [1.82, 2.24) is 9.78 Å². The second kappa shape index (κ2) is 7.65. The van der Waals surface area contributed by atoms with Crippen molar-refractivity contribution in [2.24, 2.45) is 7.05 Å². The average Bonchev–Trinajstić information content (AvgIpc) is 2.65. The quantitative estimate of drug-likeness (QED) is 0.768. The lowest BCUT2D eigenvalue weighted by molar-refractivity contribution is 0.102. The fourth-order valence-electron chi connectivity index (χ4n) is 2.45. The number of anilines is 1. The molecule has 0 saturated carbocycles. The van der Waals surface area contributed by atoms with Crippen LogP contribution >= 0.6 is 0 Å². The standard InChI is InChI=1S/C20H19N3O3/c1-3-26-17-10-6-15(7-11-17)20(25)21-16-8-4-14(5-9-16)18-12-13-19(24)23(2)22-18/h4-13H,3H2,1-2H3,(H,21,25). The zero-order chi connectivity index (χ0) is 18.5. The fraction of sp³-hybridized carbons (Fsp3) is 0.150. The van der Waals surface area contributed by atoms with E-state index in [1.165, 1.54) is 10.7 Å². The number of hydrogen-bond acceptors (Lipinski definition) is 4. The molecule has 132 valence electrons. The monoisotopic (exact) mass is 349 g/mol. The number of aromatic nitrogens is 2.